The zero-order valence-corrected chi connectivity index (χ0v) is 9.16. The molecule has 0 radical (unpaired) electrons. The largest absolute Gasteiger partial charge is 0.492 e. The van der Waals surface area contributed by atoms with Crippen LogP contribution in [0.25, 0.3) is 0 Å². The highest BCUT2D eigenvalue weighted by molar-refractivity contribution is 6.07. The molecule has 1 aromatic carbocycles. The van der Waals surface area contributed by atoms with E-state index in [4.69, 9.17) is 5.73 Å². The van der Waals surface area contributed by atoms with Gasteiger partial charge in [-0.05, 0) is 12.1 Å². The van der Waals surface area contributed by atoms with E-state index in [0.717, 1.165) is 0 Å². The highest BCUT2D eigenvalue weighted by atomic mass is 16.3. The Morgan fingerprint density at radius 2 is 1.67 bits per heavy atom. The Morgan fingerprint density at radius 3 is 2.22 bits per heavy atom. The molecule has 0 spiro atoms. The Balaban J connectivity index is 2.30. The van der Waals surface area contributed by atoms with Gasteiger partial charge < -0.3 is 21.3 Å². The summed E-state index contributed by atoms with van der Waals surface area (Å²) in [6.45, 7) is 0. The van der Waals surface area contributed by atoms with Crippen LogP contribution in [0.2, 0.25) is 0 Å². The number of aromatic nitrogens is 2. The summed E-state index contributed by atoms with van der Waals surface area (Å²) in [5, 5.41) is 21.4. The van der Waals surface area contributed by atoms with Crippen LogP contribution in [0.4, 0.5) is 11.6 Å². The number of anilines is 2. The number of aromatic hydroxyl groups is 2. The van der Waals surface area contributed by atoms with Gasteiger partial charge in [-0.3, -0.25) is 4.79 Å². The Bertz CT molecular complexity index is 563. The van der Waals surface area contributed by atoms with E-state index in [-0.39, 0.29) is 5.95 Å². The molecule has 0 fully saturated rings. The lowest BCUT2D eigenvalue weighted by Crippen LogP contribution is -2.14. The van der Waals surface area contributed by atoms with E-state index in [0.29, 0.717) is 5.69 Å². The van der Waals surface area contributed by atoms with Gasteiger partial charge in [-0.2, -0.15) is 9.97 Å². The summed E-state index contributed by atoms with van der Waals surface area (Å²) in [6, 6.07) is 8.56. The topological polar surface area (TPSA) is 121 Å². The number of nitrogen functional groups attached to an aromatic ring is 1. The van der Waals surface area contributed by atoms with Crippen molar-refractivity contribution in [2.24, 2.45) is 0 Å². The second-order valence-electron chi connectivity index (χ2n) is 3.42. The van der Waals surface area contributed by atoms with Gasteiger partial charge in [0.05, 0.1) is 0 Å². The first-order valence-corrected chi connectivity index (χ1v) is 5.00. The fourth-order valence-electron chi connectivity index (χ4n) is 1.37. The molecule has 2 aromatic rings. The predicted molar refractivity (Wildman–Crippen MR) is 64.2 cm³/mol. The van der Waals surface area contributed by atoms with E-state index < -0.39 is 23.2 Å². The summed E-state index contributed by atoms with van der Waals surface area (Å²) in [5.74, 6) is -2.39. The average molecular weight is 246 g/mol. The highest BCUT2D eigenvalue weighted by Crippen LogP contribution is 2.24. The van der Waals surface area contributed by atoms with Crippen molar-refractivity contribution in [1.29, 1.82) is 0 Å². The summed E-state index contributed by atoms with van der Waals surface area (Å²) in [5.41, 5.74) is 5.30. The van der Waals surface area contributed by atoms with Crippen LogP contribution in [0.3, 0.4) is 0 Å². The van der Waals surface area contributed by atoms with Crippen LogP contribution in [0, 0.1) is 0 Å². The third-order valence-corrected chi connectivity index (χ3v) is 2.15. The van der Waals surface area contributed by atoms with Gasteiger partial charge in [-0.1, -0.05) is 18.2 Å². The molecule has 1 aromatic heterocycles. The summed E-state index contributed by atoms with van der Waals surface area (Å²) in [7, 11) is 0. The van der Waals surface area contributed by atoms with E-state index in [1.54, 1.807) is 30.3 Å². The Morgan fingerprint density at radius 1 is 1.11 bits per heavy atom. The number of nitrogens with zero attached hydrogens (tertiary/aromatic N) is 2. The van der Waals surface area contributed by atoms with Crippen molar-refractivity contribution in [3.63, 3.8) is 0 Å². The molecule has 92 valence electrons. The van der Waals surface area contributed by atoms with Crippen LogP contribution in [0.5, 0.6) is 11.8 Å². The summed E-state index contributed by atoms with van der Waals surface area (Å²) in [6.07, 6.45) is 0. The van der Waals surface area contributed by atoms with Crippen molar-refractivity contribution in [2.45, 2.75) is 0 Å². The van der Waals surface area contributed by atoms with Crippen LogP contribution in [-0.2, 0) is 0 Å². The first kappa shape index (κ1) is 11.6. The maximum Gasteiger partial charge on any atom is 0.266 e. The molecule has 0 saturated heterocycles. The van der Waals surface area contributed by atoms with Gasteiger partial charge in [0.1, 0.15) is 0 Å². The molecule has 0 aliphatic carbocycles. The number of benzene rings is 1. The van der Waals surface area contributed by atoms with E-state index >= 15 is 0 Å². The van der Waals surface area contributed by atoms with Crippen molar-refractivity contribution < 1.29 is 15.0 Å². The molecule has 0 unspecified atom stereocenters. The maximum atomic E-state index is 11.8. The molecule has 7 heteroatoms. The average Bonchev–Trinajstić information content (AvgIpc) is 2.28. The lowest BCUT2D eigenvalue weighted by atomic mass is 10.2. The van der Waals surface area contributed by atoms with Gasteiger partial charge in [0.2, 0.25) is 17.7 Å². The van der Waals surface area contributed by atoms with Crippen molar-refractivity contribution in [2.75, 3.05) is 11.1 Å². The number of hydrogen-bond donors (Lipinski definition) is 4. The zero-order chi connectivity index (χ0) is 13.1. The summed E-state index contributed by atoms with van der Waals surface area (Å²) < 4.78 is 0. The lowest BCUT2D eigenvalue weighted by molar-refractivity contribution is 0.102. The fourth-order valence-corrected chi connectivity index (χ4v) is 1.37. The van der Waals surface area contributed by atoms with Gasteiger partial charge in [0, 0.05) is 5.69 Å². The van der Waals surface area contributed by atoms with Crippen LogP contribution < -0.4 is 11.1 Å². The Labute approximate surface area is 102 Å². The van der Waals surface area contributed by atoms with Crippen LogP contribution >= 0.6 is 0 Å². The minimum absolute atomic E-state index is 0.318. The highest BCUT2D eigenvalue weighted by Gasteiger charge is 2.20. The molecule has 0 aliphatic rings. The summed E-state index contributed by atoms with van der Waals surface area (Å²) >= 11 is 0. The van der Waals surface area contributed by atoms with Gasteiger partial charge >= 0.3 is 0 Å². The third kappa shape index (κ3) is 2.29. The first-order valence-electron chi connectivity index (χ1n) is 5.00. The van der Waals surface area contributed by atoms with Crippen LogP contribution in [-0.4, -0.2) is 26.1 Å². The number of amides is 1. The van der Waals surface area contributed by atoms with Crippen molar-refractivity contribution >= 4 is 17.5 Å². The molecular weight excluding hydrogens is 236 g/mol. The molecule has 0 bridgehead atoms. The quantitative estimate of drug-likeness (QED) is 0.619. The molecule has 1 heterocycles. The molecule has 2 rings (SSSR count). The van der Waals surface area contributed by atoms with E-state index in [1.165, 1.54) is 0 Å². The molecule has 0 atom stereocenters. The number of nitrogens with two attached hydrogens (primary N) is 1. The molecular formula is C11H10N4O3. The molecule has 0 saturated carbocycles. The number of hydrogen-bond acceptors (Lipinski definition) is 6. The minimum Gasteiger partial charge on any atom is -0.492 e. The van der Waals surface area contributed by atoms with Crippen LogP contribution in [0.1, 0.15) is 10.4 Å². The van der Waals surface area contributed by atoms with Gasteiger partial charge in [0.15, 0.2) is 5.56 Å². The fraction of sp³-hybridized carbons (Fsp3) is 0. The normalized spacial score (nSPS) is 10.0. The summed E-state index contributed by atoms with van der Waals surface area (Å²) in [4.78, 5) is 18.6. The minimum atomic E-state index is -0.726. The number of rotatable bonds is 2. The van der Waals surface area contributed by atoms with Crippen LogP contribution in [0.15, 0.2) is 30.3 Å². The van der Waals surface area contributed by atoms with Gasteiger partial charge in [-0.25, -0.2) is 0 Å². The molecule has 5 N–H and O–H groups in total. The van der Waals surface area contributed by atoms with E-state index in [9.17, 15) is 15.0 Å². The maximum absolute atomic E-state index is 11.8. The molecule has 7 nitrogen and oxygen atoms in total. The lowest BCUT2D eigenvalue weighted by Gasteiger charge is -2.07. The molecule has 1 amide bonds. The SMILES string of the molecule is Nc1nc(O)c(C(=O)Nc2ccccc2)c(O)n1. The smallest absolute Gasteiger partial charge is 0.266 e. The van der Waals surface area contributed by atoms with E-state index in [1.807, 2.05) is 0 Å². The number of carbonyl (C=O) groups is 1. The van der Waals surface area contributed by atoms with Crippen molar-refractivity contribution in [3.05, 3.63) is 35.9 Å². The molecule has 0 aliphatic heterocycles. The number of carbonyl (C=O) groups excluding carboxylic acids is 1. The number of para-hydroxylation sites is 1. The molecule has 18 heavy (non-hydrogen) atoms. The van der Waals surface area contributed by atoms with Crippen molar-refractivity contribution in [3.8, 4) is 11.8 Å². The van der Waals surface area contributed by atoms with Crippen molar-refractivity contribution in [1.82, 2.24) is 9.97 Å². The Kier molecular flexibility index (Phi) is 2.96. The Hall–Kier alpha value is -2.83. The van der Waals surface area contributed by atoms with Gasteiger partial charge in [-0.15, -0.1) is 0 Å². The van der Waals surface area contributed by atoms with E-state index in [2.05, 4.69) is 15.3 Å². The monoisotopic (exact) mass is 246 g/mol. The first-order chi connectivity index (χ1) is 8.58. The second-order valence-corrected chi connectivity index (χ2v) is 3.42. The third-order valence-electron chi connectivity index (χ3n) is 2.15. The predicted octanol–water partition coefficient (Wildman–Crippen LogP) is 0.722. The second kappa shape index (κ2) is 4.58. The number of nitrogens with one attached hydrogen (secondary N) is 1. The zero-order valence-electron chi connectivity index (χ0n) is 9.16. The standard InChI is InChI=1S/C11H10N4O3/c12-11-14-9(17)7(10(18)15-11)8(16)13-6-4-2-1-3-5-6/h1-5H,(H,13,16)(H4,12,14,15,17,18). The van der Waals surface area contributed by atoms with Gasteiger partial charge in [0.25, 0.3) is 5.91 Å².